The van der Waals surface area contributed by atoms with Crippen molar-refractivity contribution in [2.45, 2.75) is 57.5 Å². The molecule has 0 aromatic rings. The van der Waals surface area contributed by atoms with Crippen LogP contribution in [0.15, 0.2) is 0 Å². The summed E-state index contributed by atoms with van der Waals surface area (Å²) >= 11 is 0. The molecule has 0 bridgehead atoms. The average molecular weight is 238 g/mol. The van der Waals surface area contributed by atoms with Crippen LogP contribution in [-0.2, 0) is 9.59 Å². The molecule has 1 aliphatic carbocycles. The number of amides is 1. The van der Waals surface area contributed by atoms with Crippen LogP contribution in [0.25, 0.3) is 0 Å². The predicted octanol–water partition coefficient (Wildman–Crippen LogP) is 1.10. The quantitative estimate of drug-likeness (QED) is 0.783. The molecule has 0 radical (unpaired) electrons. The number of carbonyl (C=O) groups is 2. The van der Waals surface area contributed by atoms with Crippen molar-refractivity contribution in [2.24, 2.45) is 0 Å². The van der Waals surface area contributed by atoms with Gasteiger partial charge in [0.15, 0.2) is 0 Å². The number of hydrogen-bond acceptors (Lipinski definition) is 3. The number of likely N-dealkylation sites (tertiary alicyclic amines) is 1. The Kier molecular flexibility index (Phi) is 4.15. The third-order valence-corrected chi connectivity index (χ3v) is 3.97. The van der Waals surface area contributed by atoms with Crippen LogP contribution in [0.3, 0.4) is 0 Å². The molecule has 4 heteroatoms. The van der Waals surface area contributed by atoms with E-state index in [1.807, 2.05) is 0 Å². The minimum Gasteiger partial charge on any atom is -0.354 e. The molecule has 4 nitrogen and oxygen atoms in total. The first-order chi connectivity index (χ1) is 8.15. The lowest BCUT2D eigenvalue weighted by molar-refractivity contribution is -0.122. The second kappa shape index (κ2) is 5.63. The summed E-state index contributed by atoms with van der Waals surface area (Å²) in [6.45, 7) is 3.70. The van der Waals surface area contributed by atoms with Crippen molar-refractivity contribution < 1.29 is 9.59 Å². The Morgan fingerprint density at radius 1 is 1.18 bits per heavy atom. The van der Waals surface area contributed by atoms with Gasteiger partial charge in [0.2, 0.25) is 5.91 Å². The zero-order valence-electron chi connectivity index (χ0n) is 10.6. The molecule has 0 aromatic heterocycles. The van der Waals surface area contributed by atoms with Gasteiger partial charge in [-0.25, -0.2) is 0 Å². The number of Topliss-reactive ketones (excluding diaryl/α,β-unsaturated/α-hetero) is 1. The topological polar surface area (TPSA) is 49.4 Å². The van der Waals surface area contributed by atoms with E-state index < -0.39 is 0 Å². The highest BCUT2D eigenvalue weighted by molar-refractivity contribution is 5.79. The fraction of sp³-hybridized carbons (Fsp3) is 0.846. The van der Waals surface area contributed by atoms with Crippen molar-refractivity contribution in [1.82, 2.24) is 10.2 Å². The molecule has 0 aromatic carbocycles. The van der Waals surface area contributed by atoms with Gasteiger partial charge in [0, 0.05) is 44.9 Å². The molecule has 17 heavy (non-hydrogen) atoms. The lowest BCUT2D eigenvalue weighted by Gasteiger charge is -2.39. The van der Waals surface area contributed by atoms with Crippen molar-refractivity contribution in [1.29, 1.82) is 0 Å². The molecule has 1 heterocycles. The van der Waals surface area contributed by atoms with Crippen LogP contribution in [-0.4, -0.2) is 41.8 Å². The summed E-state index contributed by atoms with van der Waals surface area (Å²) < 4.78 is 0. The number of carbonyl (C=O) groups excluding carboxylic acids is 2. The van der Waals surface area contributed by atoms with Gasteiger partial charge < -0.3 is 10.2 Å². The number of hydrogen-bond donors (Lipinski definition) is 1. The maximum atomic E-state index is 11.2. The summed E-state index contributed by atoms with van der Waals surface area (Å²) in [5, 5.41) is 2.99. The second-order valence-electron chi connectivity index (χ2n) is 5.28. The van der Waals surface area contributed by atoms with Crippen LogP contribution in [0.5, 0.6) is 0 Å². The van der Waals surface area contributed by atoms with Crippen LogP contribution in [0, 0.1) is 0 Å². The number of rotatable bonds is 2. The fourth-order valence-corrected chi connectivity index (χ4v) is 2.99. The Balaban J connectivity index is 1.75. The molecule has 0 atom stereocenters. The van der Waals surface area contributed by atoms with Crippen LogP contribution in [0.2, 0.25) is 0 Å². The minimum absolute atomic E-state index is 0.0757. The maximum Gasteiger partial charge on any atom is 0.217 e. The van der Waals surface area contributed by atoms with Gasteiger partial charge in [0.25, 0.3) is 0 Å². The van der Waals surface area contributed by atoms with Crippen molar-refractivity contribution in [3.05, 3.63) is 0 Å². The maximum absolute atomic E-state index is 11.2. The Bertz CT molecular complexity index is 286. The molecular formula is C13H22N2O2. The molecule has 2 rings (SSSR count). The highest BCUT2D eigenvalue weighted by Gasteiger charge is 2.28. The van der Waals surface area contributed by atoms with E-state index >= 15 is 0 Å². The molecule has 1 saturated heterocycles. The number of piperidine rings is 1. The number of ketones is 1. The Morgan fingerprint density at radius 2 is 1.76 bits per heavy atom. The van der Waals surface area contributed by atoms with E-state index in [1.165, 1.54) is 0 Å². The molecule has 1 aliphatic heterocycles. The van der Waals surface area contributed by atoms with Crippen LogP contribution >= 0.6 is 0 Å². The van der Waals surface area contributed by atoms with E-state index in [0.717, 1.165) is 51.6 Å². The monoisotopic (exact) mass is 238 g/mol. The second-order valence-corrected chi connectivity index (χ2v) is 5.28. The first-order valence-electron chi connectivity index (χ1n) is 6.68. The summed E-state index contributed by atoms with van der Waals surface area (Å²) in [4.78, 5) is 24.7. The smallest absolute Gasteiger partial charge is 0.217 e. The molecule has 1 saturated carbocycles. The van der Waals surface area contributed by atoms with Gasteiger partial charge in [-0.3, -0.25) is 9.59 Å². The van der Waals surface area contributed by atoms with Gasteiger partial charge in [-0.1, -0.05) is 0 Å². The molecule has 2 fully saturated rings. The minimum atomic E-state index is 0.0757. The standard InChI is InChI=1S/C13H22N2O2/c1-10(16)14-11-6-8-15(9-7-11)12-2-4-13(17)5-3-12/h11-12H,2-9H2,1H3,(H,14,16). The summed E-state index contributed by atoms with van der Waals surface area (Å²) in [6, 6.07) is 0.958. The van der Waals surface area contributed by atoms with E-state index in [0.29, 0.717) is 17.9 Å². The third-order valence-electron chi connectivity index (χ3n) is 3.97. The van der Waals surface area contributed by atoms with Crippen molar-refractivity contribution in [3.8, 4) is 0 Å². The lowest BCUT2D eigenvalue weighted by atomic mass is 9.91. The summed E-state index contributed by atoms with van der Waals surface area (Å²) in [6.07, 6.45) is 5.67. The first kappa shape index (κ1) is 12.6. The number of nitrogens with one attached hydrogen (secondary N) is 1. The molecular weight excluding hydrogens is 216 g/mol. The van der Waals surface area contributed by atoms with E-state index in [-0.39, 0.29) is 5.91 Å². The van der Waals surface area contributed by atoms with Gasteiger partial charge >= 0.3 is 0 Å². The van der Waals surface area contributed by atoms with Gasteiger partial charge in [0.05, 0.1) is 0 Å². The molecule has 1 N–H and O–H groups in total. The van der Waals surface area contributed by atoms with Gasteiger partial charge in [-0.15, -0.1) is 0 Å². The van der Waals surface area contributed by atoms with Crippen LogP contribution in [0.1, 0.15) is 45.4 Å². The molecule has 0 spiro atoms. The average Bonchev–Trinajstić information content (AvgIpc) is 2.30. The molecule has 1 amide bonds. The van der Waals surface area contributed by atoms with E-state index in [9.17, 15) is 9.59 Å². The van der Waals surface area contributed by atoms with Crippen molar-refractivity contribution in [3.63, 3.8) is 0 Å². The largest absolute Gasteiger partial charge is 0.354 e. The zero-order chi connectivity index (χ0) is 12.3. The van der Waals surface area contributed by atoms with E-state index in [2.05, 4.69) is 10.2 Å². The fourth-order valence-electron chi connectivity index (χ4n) is 2.99. The zero-order valence-corrected chi connectivity index (χ0v) is 10.6. The van der Waals surface area contributed by atoms with E-state index in [1.54, 1.807) is 6.92 Å². The molecule has 2 aliphatic rings. The Morgan fingerprint density at radius 3 is 2.29 bits per heavy atom. The number of nitrogens with zero attached hydrogens (tertiary/aromatic N) is 1. The van der Waals surface area contributed by atoms with Crippen molar-refractivity contribution >= 4 is 11.7 Å². The summed E-state index contributed by atoms with van der Waals surface area (Å²) in [5.74, 6) is 0.501. The Labute approximate surface area is 103 Å². The van der Waals surface area contributed by atoms with Crippen LogP contribution < -0.4 is 5.32 Å². The highest BCUT2D eigenvalue weighted by atomic mass is 16.1. The summed E-state index contributed by atoms with van der Waals surface area (Å²) in [7, 11) is 0. The van der Waals surface area contributed by atoms with Crippen molar-refractivity contribution in [2.75, 3.05) is 13.1 Å². The van der Waals surface area contributed by atoms with Gasteiger partial charge in [-0.05, 0) is 25.7 Å². The summed E-state index contributed by atoms with van der Waals surface area (Å²) in [5.41, 5.74) is 0. The van der Waals surface area contributed by atoms with E-state index in [4.69, 9.17) is 0 Å². The lowest BCUT2D eigenvalue weighted by Crippen LogP contribution is -2.48. The van der Waals surface area contributed by atoms with Gasteiger partial charge in [0.1, 0.15) is 5.78 Å². The third kappa shape index (κ3) is 3.53. The SMILES string of the molecule is CC(=O)NC1CCN(C2CCC(=O)CC2)CC1. The Hall–Kier alpha value is -0.900. The first-order valence-corrected chi connectivity index (χ1v) is 6.68. The highest BCUT2D eigenvalue weighted by Crippen LogP contribution is 2.23. The van der Waals surface area contributed by atoms with Crippen LogP contribution in [0.4, 0.5) is 0 Å². The predicted molar refractivity (Wildman–Crippen MR) is 65.7 cm³/mol. The normalized spacial score (nSPS) is 24.9. The van der Waals surface area contributed by atoms with Gasteiger partial charge in [-0.2, -0.15) is 0 Å². The molecule has 96 valence electrons. The molecule has 0 unspecified atom stereocenters.